The molecule has 0 aromatic carbocycles. The molecule has 1 radical (unpaired) electrons. The van der Waals surface area contributed by atoms with Crippen molar-refractivity contribution in [1.82, 2.24) is 19.5 Å². The zero-order valence-corrected chi connectivity index (χ0v) is 27.0. The minimum absolute atomic E-state index is 0.0306. The number of aliphatic hydroxyl groups is 2. The molecule has 1 fully saturated rings. The number of halogens is 3. The number of nitrogens with zero attached hydrogens (tertiary/aromatic N) is 3. The average Bonchev–Trinajstić information content (AvgIpc) is 3.44. The number of fused-ring (bicyclic) bond motifs is 1. The first-order valence-electron chi connectivity index (χ1n) is 13.3. The third-order valence-electron chi connectivity index (χ3n) is 7.69. The number of hydrogen-bond donors (Lipinski definition) is 4. The molecule has 4 atom stereocenters. The molecule has 0 saturated carbocycles. The van der Waals surface area contributed by atoms with Gasteiger partial charge in [0.2, 0.25) is 7.83 Å². The summed E-state index contributed by atoms with van der Waals surface area (Å²) in [5.41, 5.74) is -6.39. The largest absolute Gasteiger partial charge is 0.500 e. The molecule has 2 aromatic rings. The van der Waals surface area contributed by atoms with Gasteiger partial charge in [-0.2, -0.15) is 13.2 Å². The molecule has 1 unspecified atom stereocenters. The predicted molar refractivity (Wildman–Crippen MR) is 147 cm³/mol. The van der Waals surface area contributed by atoms with Crippen LogP contribution < -0.4 is 5.49 Å². The predicted octanol–water partition coefficient (Wildman–Crippen LogP) is 3.23. The first-order chi connectivity index (χ1) is 18.8. The van der Waals surface area contributed by atoms with Gasteiger partial charge in [-0.05, 0) is 11.1 Å². The smallest absolute Gasteiger partial charge is 0.394 e. The maximum Gasteiger partial charge on any atom is 0.500 e. The third kappa shape index (κ3) is 5.34. The lowest BCUT2D eigenvalue weighted by Gasteiger charge is -2.46. The van der Waals surface area contributed by atoms with Crippen LogP contribution in [0.15, 0.2) is 12.7 Å². The minimum atomic E-state index is -6.50. The molecule has 2 aromatic heterocycles. The second kappa shape index (κ2) is 11.8. The van der Waals surface area contributed by atoms with E-state index in [1.54, 1.807) is 0 Å². The van der Waals surface area contributed by atoms with Crippen molar-refractivity contribution in [2.45, 2.75) is 106 Å². The van der Waals surface area contributed by atoms with Gasteiger partial charge in [-0.15, -0.1) is 0 Å². The van der Waals surface area contributed by atoms with E-state index in [-0.39, 0.29) is 33.3 Å². The first kappa shape index (κ1) is 33.8. The molecule has 0 amide bonds. The second-order valence-corrected chi connectivity index (χ2v) is 25.0. The monoisotopic (exact) mass is 642 g/mol. The summed E-state index contributed by atoms with van der Waals surface area (Å²) < 4.78 is 81.2. The van der Waals surface area contributed by atoms with Crippen LogP contribution in [0.3, 0.4) is 0 Å². The second-order valence-electron chi connectivity index (χ2n) is 11.5. The summed E-state index contributed by atoms with van der Waals surface area (Å²) in [5.74, 6) is 0. The van der Waals surface area contributed by atoms with Crippen molar-refractivity contribution >= 4 is 37.2 Å². The van der Waals surface area contributed by atoms with E-state index in [0.29, 0.717) is 4.57 Å². The van der Waals surface area contributed by atoms with Gasteiger partial charge in [-0.3, -0.25) is 14.6 Å². The summed E-state index contributed by atoms with van der Waals surface area (Å²) in [5, 5.41) is 30.3. The van der Waals surface area contributed by atoms with E-state index in [9.17, 15) is 31.8 Å². The summed E-state index contributed by atoms with van der Waals surface area (Å²) in [6, 6.07) is 0. The van der Waals surface area contributed by atoms with Crippen molar-refractivity contribution in [3.63, 3.8) is 0 Å². The number of H-pyrrole nitrogens is 1. The van der Waals surface area contributed by atoms with Crippen molar-refractivity contribution in [1.29, 1.82) is 5.41 Å². The highest BCUT2D eigenvalue weighted by Gasteiger charge is 2.73. The van der Waals surface area contributed by atoms with Crippen LogP contribution in [0.1, 0.15) is 61.6 Å². The van der Waals surface area contributed by atoms with Crippen LogP contribution >= 0.6 is 0 Å². The van der Waals surface area contributed by atoms with Crippen LogP contribution in [0, 0.1) is 5.41 Å². The molecule has 3 rings (SSSR count). The Kier molecular flexibility index (Phi) is 9.72. The summed E-state index contributed by atoms with van der Waals surface area (Å²) in [6.07, 6.45) is -4.46. The van der Waals surface area contributed by atoms with Crippen LogP contribution in [0.5, 0.6) is 0 Å². The Morgan fingerprint density at radius 2 is 1.73 bits per heavy atom. The fourth-order valence-electron chi connectivity index (χ4n) is 6.06. The molecule has 12 nitrogen and oxygen atoms in total. The van der Waals surface area contributed by atoms with Gasteiger partial charge in [0, 0.05) is 0 Å². The van der Waals surface area contributed by atoms with E-state index in [2.05, 4.69) is 15.0 Å². The van der Waals surface area contributed by atoms with Crippen molar-refractivity contribution < 1.29 is 46.0 Å². The Morgan fingerprint density at radius 1 is 1.17 bits per heavy atom. The molecule has 0 bridgehead atoms. The lowest BCUT2D eigenvalue weighted by molar-refractivity contribution is -0.286. The molecule has 41 heavy (non-hydrogen) atoms. The van der Waals surface area contributed by atoms with Crippen LogP contribution in [-0.4, -0.2) is 83.6 Å². The molecular weight excluding hydrogens is 604 g/mol. The Balaban J connectivity index is 2.24. The maximum atomic E-state index is 14.2. The highest BCUT2D eigenvalue weighted by atomic mass is 32.2. The van der Waals surface area contributed by atoms with Gasteiger partial charge in [-0.25, -0.2) is 23.3 Å². The molecule has 3 heterocycles. The number of rotatable bonds is 11. The molecule has 1 saturated heterocycles. The van der Waals surface area contributed by atoms with Gasteiger partial charge in [-0.1, -0.05) is 66.5 Å². The Bertz CT molecular complexity index is 1370. The molecule has 18 heteroatoms. The highest BCUT2D eigenvalue weighted by Crippen LogP contribution is 2.50. The first-order valence-corrected chi connectivity index (χ1v) is 19.5. The van der Waals surface area contributed by atoms with Crippen LogP contribution in [0.2, 0.25) is 22.2 Å². The van der Waals surface area contributed by atoms with E-state index in [1.165, 1.54) is 6.33 Å². The zero-order valence-electron chi connectivity index (χ0n) is 24.2. The van der Waals surface area contributed by atoms with Crippen molar-refractivity contribution in [3.8, 4) is 0 Å². The Morgan fingerprint density at radius 3 is 2.20 bits per heavy atom. The number of ether oxygens (including phenoxy) is 1. The molecular formula is C23H39F3N5O7SSi2. The van der Waals surface area contributed by atoms with Crippen LogP contribution in [0.25, 0.3) is 11.2 Å². The van der Waals surface area contributed by atoms with E-state index >= 15 is 0 Å². The summed E-state index contributed by atoms with van der Waals surface area (Å²) in [4.78, 5) is 12.2. The third-order valence-corrected chi connectivity index (χ3v) is 26.7. The number of hydrogen-bond acceptors (Lipinski definition) is 10. The van der Waals surface area contributed by atoms with Crippen molar-refractivity contribution in [2.75, 3.05) is 6.61 Å². The van der Waals surface area contributed by atoms with Crippen molar-refractivity contribution in [3.05, 3.63) is 18.1 Å². The Hall–Kier alpha value is -1.68. The van der Waals surface area contributed by atoms with Crippen LogP contribution in [0.4, 0.5) is 13.2 Å². The number of aromatic amines is 1. The van der Waals surface area contributed by atoms with E-state index in [1.807, 2.05) is 55.4 Å². The van der Waals surface area contributed by atoms with Gasteiger partial charge in [0.15, 0.2) is 23.5 Å². The summed E-state index contributed by atoms with van der Waals surface area (Å²) >= 11 is 0. The number of nitrogens with one attached hydrogen (secondary N) is 2. The fourth-order valence-corrected chi connectivity index (χ4v) is 23.8. The maximum absolute atomic E-state index is 14.2. The minimum Gasteiger partial charge on any atom is -0.394 e. The van der Waals surface area contributed by atoms with E-state index in [0.717, 1.165) is 6.33 Å². The van der Waals surface area contributed by atoms with Gasteiger partial charge < -0.3 is 19.9 Å². The lowest BCUT2D eigenvalue weighted by atomic mass is 10.1. The molecule has 233 valence electrons. The molecule has 1 aliphatic rings. The average molecular weight is 643 g/mol. The molecule has 0 spiro atoms. The topological polar surface area (TPSA) is 173 Å². The number of aliphatic hydroxyl groups excluding tert-OH is 1. The highest BCUT2D eigenvalue weighted by molar-refractivity contribution is 7.93. The molecule has 0 aliphatic carbocycles. The normalized spacial score (nSPS) is 24.7. The van der Waals surface area contributed by atoms with Gasteiger partial charge in [0.25, 0.3) is 14.8 Å². The summed E-state index contributed by atoms with van der Waals surface area (Å²) in [6.45, 7) is 14.9. The zero-order chi connectivity index (χ0) is 31.3. The van der Waals surface area contributed by atoms with Crippen molar-refractivity contribution in [2.24, 2.45) is 0 Å². The summed E-state index contributed by atoms with van der Waals surface area (Å²) in [7, 11) is -10.9. The van der Waals surface area contributed by atoms with Gasteiger partial charge in [0.1, 0.15) is 17.9 Å². The molecule has 1 aliphatic heterocycles. The quantitative estimate of drug-likeness (QED) is 0.163. The fraction of sp³-hybridized carbons (Fsp3) is 0.783. The Labute approximate surface area is 239 Å². The van der Waals surface area contributed by atoms with E-state index < -0.39 is 67.0 Å². The van der Waals surface area contributed by atoms with Gasteiger partial charge >= 0.3 is 5.51 Å². The number of sulfone groups is 1. The SMILES string of the molecule is CC(C)[Si](C(C)C)[Si](OO[C@@H]1[C@@H](CO)OC(n2cnc3nc[nH]c3c2=N)[C@]1(O)S(=O)(=O)C(F)(F)F)(C(C)C)C(C)C. The molecule has 4 N–H and O–H groups in total. The number of aromatic nitrogens is 4. The number of alkyl halides is 3. The lowest BCUT2D eigenvalue weighted by Crippen LogP contribution is -2.64. The number of imidazole rings is 1. The standard InChI is InChI=1S/C23H39F3N5O7SSi2/c1-12(2)40(13(3)4)41(14(5)6,15(7)8)38-37-18-16(9-32)36-21(22(18,33)39(34,35)23(24,25)26)31-11-30-20-17(19(31)27)28-10-29-20/h10-16,18,21,27,32-33H,9H2,1-8H3,(H,28,29)/t16-,18-,21?,22-/m1/s1. The van der Waals surface area contributed by atoms with Crippen LogP contribution in [-0.2, 0) is 24.0 Å². The van der Waals surface area contributed by atoms with Gasteiger partial charge in [0.05, 0.1) is 21.2 Å². The van der Waals surface area contributed by atoms with E-state index in [4.69, 9.17) is 19.6 Å².